The summed E-state index contributed by atoms with van der Waals surface area (Å²) in [7, 11) is 0. The summed E-state index contributed by atoms with van der Waals surface area (Å²) in [6.45, 7) is 1.29. The van der Waals surface area contributed by atoms with Gasteiger partial charge < -0.3 is 24.8 Å². The molecule has 0 radical (unpaired) electrons. The van der Waals surface area contributed by atoms with Gasteiger partial charge in [0, 0.05) is 42.2 Å². The van der Waals surface area contributed by atoms with E-state index < -0.39 is 41.4 Å². The molecule has 308 valence electrons. The number of halogens is 3. The number of rotatable bonds is 13. The number of alkyl halides is 3. The maximum absolute atomic E-state index is 13.3. The number of hydrogen-bond acceptors (Lipinski definition) is 11. The van der Waals surface area contributed by atoms with E-state index in [1.165, 1.54) is 18.2 Å². The number of benzene rings is 3. The highest BCUT2D eigenvalue weighted by molar-refractivity contribution is 6.24. The third-order valence-electron chi connectivity index (χ3n) is 10.3. The maximum atomic E-state index is 13.3. The third-order valence-corrected chi connectivity index (χ3v) is 10.3. The second kappa shape index (κ2) is 16.3. The van der Waals surface area contributed by atoms with Gasteiger partial charge in [0.15, 0.2) is 11.6 Å². The number of fused-ring (bicyclic) bond motifs is 2. The van der Waals surface area contributed by atoms with E-state index in [0.717, 1.165) is 28.2 Å². The predicted octanol–water partition coefficient (Wildman–Crippen LogP) is 4.97. The van der Waals surface area contributed by atoms with Crippen molar-refractivity contribution >= 4 is 41.0 Å². The first kappa shape index (κ1) is 39.7. The van der Waals surface area contributed by atoms with Crippen molar-refractivity contribution in [3.05, 3.63) is 113 Å². The SMILES string of the molecule is Nc1ncc(-c2cnn(CCOCCOc3cccc4c3C(=O)N(C3CCC(=O)NC3=O)C4=O)c2)cc1Oc1ccc2c(c1)CCN2C(=O)Cc1cccc(C(F)(F)F)c1. The average molecular weight is 824 g/mol. The first-order chi connectivity index (χ1) is 28.8. The van der Waals surface area contributed by atoms with Gasteiger partial charge in [0.05, 0.1) is 49.1 Å². The highest BCUT2D eigenvalue weighted by Gasteiger charge is 2.46. The van der Waals surface area contributed by atoms with Crippen LogP contribution < -0.4 is 25.4 Å². The second-order valence-electron chi connectivity index (χ2n) is 14.2. The van der Waals surface area contributed by atoms with Crippen molar-refractivity contribution in [3.8, 4) is 28.4 Å². The number of nitrogens with one attached hydrogen (secondary N) is 1. The van der Waals surface area contributed by atoms with Crippen molar-refractivity contribution in [2.45, 2.75) is 44.4 Å². The summed E-state index contributed by atoms with van der Waals surface area (Å²) in [5.41, 5.74) is 8.77. The van der Waals surface area contributed by atoms with Crippen molar-refractivity contribution in [2.24, 2.45) is 0 Å². The summed E-state index contributed by atoms with van der Waals surface area (Å²) in [6.07, 6.45) is 1.00. The van der Waals surface area contributed by atoms with E-state index in [1.54, 1.807) is 64.6 Å². The fourth-order valence-corrected chi connectivity index (χ4v) is 7.36. The van der Waals surface area contributed by atoms with Crippen LogP contribution in [-0.4, -0.2) is 81.6 Å². The Kier molecular flexibility index (Phi) is 10.8. The van der Waals surface area contributed by atoms with Crippen LogP contribution in [0.25, 0.3) is 11.1 Å². The summed E-state index contributed by atoms with van der Waals surface area (Å²) in [6, 6.07) is 15.3. The van der Waals surface area contributed by atoms with Gasteiger partial charge in [0.1, 0.15) is 24.1 Å². The minimum absolute atomic E-state index is 0.0204. The number of imide groups is 2. The number of pyridine rings is 1. The van der Waals surface area contributed by atoms with Gasteiger partial charge in [0.2, 0.25) is 17.7 Å². The van der Waals surface area contributed by atoms with Gasteiger partial charge in [-0.15, -0.1) is 0 Å². The molecule has 0 spiro atoms. The lowest BCUT2D eigenvalue weighted by Crippen LogP contribution is -2.54. The number of nitrogens with two attached hydrogens (primary N) is 1. The molecule has 3 aliphatic heterocycles. The lowest BCUT2D eigenvalue weighted by atomic mass is 10.0. The van der Waals surface area contributed by atoms with Crippen LogP contribution >= 0.6 is 0 Å². The molecule has 3 aliphatic rings. The molecule has 1 saturated heterocycles. The quantitative estimate of drug-likeness (QED) is 0.121. The number of nitrogen functional groups attached to an aromatic ring is 1. The average Bonchev–Trinajstić information content (AvgIpc) is 3.93. The molecule has 0 saturated carbocycles. The van der Waals surface area contributed by atoms with Gasteiger partial charge in [-0.05, 0) is 66.4 Å². The molecule has 5 aromatic rings. The normalized spacial score (nSPS) is 16.2. The number of carbonyl (C=O) groups excluding carboxylic acids is 5. The molecule has 60 heavy (non-hydrogen) atoms. The van der Waals surface area contributed by atoms with Gasteiger partial charge >= 0.3 is 6.18 Å². The fraction of sp³-hybridized carbons (Fsp3) is 0.262. The van der Waals surface area contributed by atoms with Gasteiger partial charge in [-0.1, -0.05) is 24.3 Å². The molecule has 1 fully saturated rings. The van der Waals surface area contributed by atoms with E-state index in [0.29, 0.717) is 42.3 Å². The Bertz CT molecular complexity index is 2540. The third kappa shape index (κ3) is 8.13. The van der Waals surface area contributed by atoms with E-state index >= 15 is 0 Å². The van der Waals surface area contributed by atoms with E-state index in [4.69, 9.17) is 19.9 Å². The van der Waals surface area contributed by atoms with Crippen molar-refractivity contribution < 1.29 is 51.4 Å². The Labute approximate surface area is 339 Å². The van der Waals surface area contributed by atoms with E-state index in [2.05, 4.69) is 15.4 Å². The zero-order valence-electron chi connectivity index (χ0n) is 31.7. The maximum Gasteiger partial charge on any atom is 0.416 e. The Balaban J connectivity index is 0.825. The Morgan fingerprint density at radius 3 is 2.55 bits per heavy atom. The molecular weight excluding hydrogens is 787 g/mol. The number of aromatic nitrogens is 3. The van der Waals surface area contributed by atoms with E-state index in [1.807, 2.05) is 0 Å². The lowest BCUT2D eigenvalue weighted by molar-refractivity contribution is -0.138. The smallest absolute Gasteiger partial charge is 0.416 e. The molecule has 0 aliphatic carbocycles. The van der Waals surface area contributed by atoms with Crippen LogP contribution in [-0.2, 0) is 44.7 Å². The monoisotopic (exact) mass is 823 g/mol. The molecule has 3 aromatic carbocycles. The highest BCUT2D eigenvalue weighted by atomic mass is 19.4. The molecule has 3 N–H and O–H groups in total. The van der Waals surface area contributed by atoms with Crippen LogP contribution in [0.15, 0.2) is 85.3 Å². The summed E-state index contributed by atoms with van der Waals surface area (Å²) in [4.78, 5) is 70.2. The zero-order valence-corrected chi connectivity index (χ0v) is 31.7. The highest BCUT2D eigenvalue weighted by Crippen LogP contribution is 2.37. The number of ether oxygens (including phenoxy) is 3. The first-order valence-corrected chi connectivity index (χ1v) is 18.9. The lowest BCUT2D eigenvalue weighted by Gasteiger charge is -2.27. The number of amides is 5. The molecule has 1 unspecified atom stereocenters. The van der Waals surface area contributed by atoms with Gasteiger partial charge in [-0.3, -0.25) is 38.9 Å². The minimum Gasteiger partial charge on any atom is -0.490 e. The minimum atomic E-state index is -4.50. The van der Waals surface area contributed by atoms with Gasteiger partial charge in [0.25, 0.3) is 11.8 Å². The summed E-state index contributed by atoms with van der Waals surface area (Å²) in [5, 5.41) is 6.59. The number of piperidine rings is 1. The molecule has 1 atom stereocenters. The zero-order chi connectivity index (χ0) is 42.1. The standard InChI is InChI=1S/C42H36F3N7O8/c43-42(44,45)28-4-1-3-24(17-28)18-36(54)51-12-11-25-19-29(7-8-31(25)51)60-34-20-26(21-47-38(34)46)27-22-48-50(23-27)13-14-58-15-16-59-33-6-2-5-30-37(33)41(57)52(40(30)56)32-9-10-35(53)49-39(32)55/h1-8,17,19-23,32H,9-16,18H2,(H2,46,47)(H,49,53,55). The molecule has 15 nitrogen and oxygen atoms in total. The largest absolute Gasteiger partial charge is 0.490 e. The summed E-state index contributed by atoms with van der Waals surface area (Å²) < 4.78 is 58.9. The molecule has 0 bridgehead atoms. The van der Waals surface area contributed by atoms with Crippen molar-refractivity contribution in [1.29, 1.82) is 0 Å². The van der Waals surface area contributed by atoms with Crippen LogP contribution in [0.2, 0.25) is 0 Å². The van der Waals surface area contributed by atoms with E-state index in [9.17, 15) is 37.1 Å². The predicted molar refractivity (Wildman–Crippen MR) is 207 cm³/mol. The molecule has 5 amide bonds. The van der Waals surface area contributed by atoms with Gasteiger partial charge in [-0.2, -0.15) is 18.3 Å². The molecular formula is C42H36F3N7O8. The van der Waals surface area contributed by atoms with Gasteiger partial charge in [-0.25, -0.2) is 4.98 Å². The van der Waals surface area contributed by atoms with Crippen molar-refractivity contribution in [3.63, 3.8) is 0 Å². The van der Waals surface area contributed by atoms with E-state index in [-0.39, 0.29) is 73.2 Å². The molecule has 18 heteroatoms. The van der Waals surface area contributed by atoms with Crippen LogP contribution in [0, 0.1) is 0 Å². The number of hydrogen-bond donors (Lipinski definition) is 2. The Morgan fingerprint density at radius 1 is 0.900 bits per heavy atom. The molecule has 8 rings (SSSR count). The Hall–Kier alpha value is -7.08. The van der Waals surface area contributed by atoms with Crippen molar-refractivity contribution in [1.82, 2.24) is 25.0 Å². The first-order valence-electron chi connectivity index (χ1n) is 18.9. The number of anilines is 2. The Morgan fingerprint density at radius 2 is 1.73 bits per heavy atom. The van der Waals surface area contributed by atoms with Crippen LogP contribution in [0.5, 0.6) is 17.2 Å². The van der Waals surface area contributed by atoms with Crippen LogP contribution in [0.3, 0.4) is 0 Å². The second-order valence-corrected chi connectivity index (χ2v) is 14.2. The van der Waals surface area contributed by atoms with Crippen LogP contribution in [0.4, 0.5) is 24.7 Å². The fourth-order valence-electron chi connectivity index (χ4n) is 7.36. The number of nitrogens with zero attached hydrogens (tertiary/aromatic N) is 5. The molecule has 2 aromatic heterocycles. The molecule has 5 heterocycles. The van der Waals surface area contributed by atoms with Crippen molar-refractivity contribution in [2.75, 3.05) is 37.0 Å². The van der Waals surface area contributed by atoms with Crippen LogP contribution in [0.1, 0.15) is 50.2 Å². The summed E-state index contributed by atoms with van der Waals surface area (Å²) >= 11 is 0. The summed E-state index contributed by atoms with van der Waals surface area (Å²) in [5.74, 6) is -1.62. The topological polar surface area (TPSA) is 188 Å². The number of carbonyl (C=O) groups is 5.